The van der Waals surface area contributed by atoms with E-state index in [4.69, 9.17) is 0 Å². The van der Waals surface area contributed by atoms with E-state index in [1.807, 2.05) is 36.4 Å². The average molecular weight is 383 g/mol. The van der Waals surface area contributed by atoms with Gasteiger partial charge in [0, 0.05) is 40.6 Å². The first-order valence-electron chi connectivity index (χ1n) is 7.54. The van der Waals surface area contributed by atoms with Crippen LogP contribution in [0.1, 0.15) is 0 Å². The van der Waals surface area contributed by atoms with E-state index in [9.17, 15) is 9.59 Å². The van der Waals surface area contributed by atoms with E-state index >= 15 is 0 Å². The molecule has 0 aromatic heterocycles. The monoisotopic (exact) mass is 383 g/mol. The number of nitrogens with one attached hydrogen (secondary N) is 2. The number of benzene rings is 1. The second kappa shape index (κ2) is 8.83. The van der Waals surface area contributed by atoms with Crippen LogP contribution in [0, 0.1) is 0 Å². The second-order valence-electron chi connectivity index (χ2n) is 5.20. The molecule has 129 valence electrons. The maximum Gasteiger partial charge on any atom is 0.187 e. The number of carbonyl (C=O) groups is 2. The minimum Gasteiger partial charge on any atom is -0.359 e. The molecule has 2 N–H and O–H groups in total. The molecule has 5 heteroatoms. The number of hydrogen-bond acceptors (Lipinski definition) is 4. The Bertz CT molecular complexity index is 787. The molecule has 0 aliphatic heterocycles. The quantitative estimate of drug-likeness (QED) is 0.616. The smallest absolute Gasteiger partial charge is 0.187 e. The summed E-state index contributed by atoms with van der Waals surface area (Å²) in [5.74, 6) is -0.0791. The zero-order chi connectivity index (χ0) is 16.8. The van der Waals surface area contributed by atoms with Gasteiger partial charge in [-0.3, -0.25) is 9.59 Å². The summed E-state index contributed by atoms with van der Waals surface area (Å²) >= 11 is 0. The number of ketones is 2. The third-order valence-corrected chi connectivity index (χ3v) is 3.53. The number of hydrogen-bond donors (Lipinski definition) is 2. The summed E-state index contributed by atoms with van der Waals surface area (Å²) in [7, 11) is 0. The molecule has 1 aromatic carbocycles. The van der Waals surface area contributed by atoms with Crippen molar-refractivity contribution in [3.05, 3.63) is 96.4 Å². The van der Waals surface area contributed by atoms with E-state index < -0.39 is 0 Å². The van der Waals surface area contributed by atoms with E-state index in [0.717, 1.165) is 11.4 Å². The Morgan fingerprint density at radius 1 is 0.640 bits per heavy atom. The summed E-state index contributed by atoms with van der Waals surface area (Å²) in [5.41, 5.74) is 2.78. The van der Waals surface area contributed by atoms with Gasteiger partial charge in [-0.05, 0) is 36.4 Å². The molecule has 0 heterocycles. The largest absolute Gasteiger partial charge is 0.359 e. The predicted octanol–water partition coefficient (Wildman–Crippen LogP) is 3.67. The molecule has 2 aliphatic carbocycles. The van der Waals surface area contributed by atoms with Gasteiger partial charge in [-0.15, -0.1) is 0 Å². The summed E-state index contributed by atoms with van der Waals surface area (Å²) in [6.45, 7) is 0. The van der Waals surface area contributed by atoms with Gasteiger partial charge in [0.2, 0.25) is 0 Å². The first-order valence-corrected chi connectivity index (χ1v) is 7.54. The molecule has 0 spiro atoms. The molecule has 0 saturated carbocycles. The second-order valence-corrected chi connectivity index (χ2v) is 5.20. The van der Waals surface area contributed by atoms with E-state index in [2.05, 4.69) is 10.6 Å². The van der Waals surface area contributed by atoms with Gasteiger partial charge in [-0.25, -0.2) is 0 Å². The summed E-state index contributed by atoms with van der Waals surface area (Å²) in [4.78, 5) is 23.5. The molecule has 2 aliphatic rings. The molecule has 1 radical (unpaired) electrons. The van der Waals surface area contributed by atoms with Crippen LogP contribution in [-0.2, 0) is 26.7 Å². The van der Waals surface area contributed by atoms with Gasteiger partial charge >= 0.3 is 0 Å². The van der Waals surface area contributed by atoms with E-state index in [-0.39, 0.29) is 28.6 Å². The van der Waals surface area contributed by atoms with Crippen LogP contribution in [-0.4, -0.2) is 11.6 Å². The normalized spacial score (nSPS) is 18.6. The Kier molecular flexibility index (Phi) is 6.52. The fraction of sp³-hybridized carbons (Fsp3) is 0. The van der Waals surface area contributed by atoms with Crippen molar-refractivity contribution in [1.29, 1.82) is 0 Å². The molecule has 4 nitrogen and oxygen atoms in total. The van der Waals surface area contributed by atoms with Crippen LogP contribution < -0.4 is 10.6 Å². The van der Waals surface area contributed by atoms with Gasteiger partial charge in [0.15, 0.2) is 11.6 Å². The number of carbonyl (C=O) groups excluding carboxylic acids is 2. The minimum absolute atomic E-state index is 0. The molecule has 0 unspecified atom stereocenters. The number of anilines is 2. The molecule has 0 bridgehead atoms. The van der Waals surface area contributed by atoms with Gasteiger partial charge in [-0.1, -0.05) is 36.4 Å². The Morgan fingerprint density at radius 2 is 1.04 bits per heavy atom. The molecule has 1 aromatic rings. The van der Waals surface area contributed by atoms with Crippen molar-refractivity contribution < 1.29 is 26.7 Å². The molecule has 25 heavy (non-hydrogen) atoms. The Morgan fingerprint density at radius 3 is 1.44 bits per heavy atom. The van der Waals surface area contributed by atoms with Crippen LogP contribution in [0.3, 0.4) is 0 Å². The zero-order valence-corrected chi connectivity index (χ0v) is 14.1. The standard InChI is InChI=1S/C20H16N2O2.Cu/c23-19-11-5-1-7-15(19)13-21-17-9-3-4-10-18(17)22-14-16-8-2-6-12-20(16)24;/h1-14,21-22H;/b15-13-,16-14-;/i;1+3. The third kappa shape index (κ3) is 4.80. The Labute approximate surface area is 156 Å². The summed E-state index contributed by atoms with van der Waals surface area (Å²) in [6.07, 6.45) is 17.0. The number of para-hydroxylation sites is 2. The van der Waals surface area contributed by atoms with Crippen molar-refractivity contribution in [2.75, 3.05) is 10.6 Å². The molecule has 0 atom stereocenters. The van der Waals surface area contributed by atoms with Gasteiger partial charge in [0.1, 0.15) is 0 Å². The summed E-state index contributed by atoms with van der Waals surface area (Å²) in [5, 5.41) is 6.27. The summed E-state index contributed by atoms with van der Waals surface area (Å²) in [6, 6.07) is 7.57. The Balaban J connectivity index is 0.00000225. The van der Waals surface area contributed by atoms with Crippen LogP contribution >= 0.6 is 0 Å². The molecule has 0 amide bonds. The number of rotatable bonds is 4. The third-order valence-electron chi connectivity index (χ3n) is 3.53. The average Bonchev–Trinajstić information content (AvgIpc) is 2.61. The SMILES string of the molecule is O=C1C=CC=C/C1=C/Nc1ccccc1N/C=C1/C=CC=CC1=O.[67Cu]. The van der Waals surface area contributed by atoms with Crippen molar-refractivity contribution in [3.63, 3.8) is 0 Å². The van der Waals surface area contributed by atoms with Crippen LogP contribution in [0.5, 0.6) is 0 Å². The van der Waals surface area contributed by atoms with Crippen molar-refractivity contribution in [2.24, 2.45) is 0 Å². The molecule has 0 saturated heterocycles. The van der Waals surface area contributed by atoms with Gasteiger partial charge in [0.05, 0.1) is 11.4 Å². The van der Waals surface area contributed by atoms with Crippen LogP contribution in [0.15, 0.2) is 96.4 Å². The van der Waals surface area contributed by atoms with Gasteiger partial charge in [0.25, 0.3) is 0 Å². The topological polar surface area (TPSA) is 58.2 Å². The molecular formula is C20H16CuN2O2. The van der Waals surface area contributed by atoms with E-state index in [0.29, 0.717) is 11.1 Å². The summed E-state index contributed by atoms with van der Waals surface area (Å²) < 4.78 is 0. The van der Waals surface area contributed by atoms with E-state index in [1.165, 1.54) is 12.2 Å². The van der Waals surface area contributed by atoms with Gasteiger partial charge in [-0.2, -0.15) is 0 Å². The fourth-order valence-corrected chi connectivity index (χ4v) is 2.25. The van der Waals surface area contributed by atoms with Crippen LogP contribution in [0.25, 0.3) is 0 Å². The molecular weight excluding hydrogens is 367 g/mol. The zero-order valence-electron chi connectivity index (χ0n) is 13.2. The maximum absolute atomic E-state index is 11.7. The molecule has 0 fully saturated rings. The van der Waals surface area contributed by atoms with Crippen molar-refractivity contribution in [1.82, 2.24) is 0 Å². The predicted molar refractivity (Wildman–Crippen MR) is 96.4 cm³/mol. The van der Waals surface area contributed by atoms with Crippen LogP contribution in [0.2, 0.25) is 0 Å². The first kappa shape index (κ1) is 18.5. The van der Waals surface area contributed by atoms with Crippen molar-refractivity contribution in [2.45, 2.75) is 0 Å². The number of allylic oxidation sites excluding steroid dienone is 10. The van der Waals surface area contributed by atoms with Gasteiger partial charge < -0.3 is 10.6 Å². The van der Waals surface area contributed by atoms with Crippen molar-refractivity contribution in [3.8, 4) is 0 Å². The van der Waals surface area contributed by atoms with E-state index in [1.54, 1.807) is 36.7 Å². The fourth-order valence-electron chi connectivity index (χ4n) is 2.25. The maximum atomic E-state index is 11.7. The van der Waals surface area contributed by atoms with Crippen LogP contribution in [0.4, 0.5) is 11.4 Å². The minimum atomic E-state index is -0.0396. The molecule has 3 rings (SSSR count). The Hall–Kier alpha value is -2.88. The first-order chi connectivity index (χ1) is 11.7. The van der Waals surface area contributed by atoms with Crippen molar-refractivity contribution >= 4 is 22.9 Å².